The van der Waals surface area contributed by atoms with Crippen LogP contribution < -0.4 is 0 Å². The smallest absolute Gasteiger partial charge is 0.340 e. The lowest BCUT2D eigenvalue weighted by atomic mass is 10.00. The number of carbonyl (C=O) groups excluding carboxylic acids is 2. The molecule has 0 unspecified atom stereocenters. The van der Waals surface area contributed by atoms with Gasteiger partial charge >= 0.3 is 5.97 Å². The Morgan fingerprint density at radius 1 is 1.22 bits per heavy atom. The molecule has 0 spiro atoms. The number of aryl methyl sites for hydroxylation is 2. The molecule has 1 aliphatic heterocycles. The predicted molar refractivity (Wildman–Crippen MR) is 106 cm³/mol. The molecule has 1 amide bonds. The first-order valence-corrected chi connectivity index (χ1v) is 9.91. The molecule has 0 aliphatic carbocycles. The van der Waals surface area contributed by atoms with E-state index < -0.39 is 5.97 Å². The average molecular weight is 368 g/mol. The van der Waals surface area contributed by atoms with Gasteiger partial charge in [-0.15, -0.1) is 0 Å². The molecule has 2 heterocycles. The quantitative estimate of drug-likeness (QED) is 0.747. The monoisotopic (exact) mass is 368 g/mol. The molecule has 0 bridgehead atoms. The maximum absolute atomic E-state index is 12.8. The van der Waals surface area contributed by atoms with Gasteiger partial charge in [-0.25, -0.2) is 4.79 Å². The van der Waals surface area contributed by atoms with Crippen molar-refractivity contribution >= 4 is 22.8 Å². The van der Waals surface area contributed by atoms with Gasteiger partial charge in [0, 0.05) is 18.0 Å². The third-order valence-electron chi connectivity index (χ3n) is 5.51. The Balaban J connectivity index is 1.78. The molecule has 5 nitrogen and oxygen atoms in total. The summed E-state index contributed by atoms with van der Waals surface area (Å²) in [4.78, 5) is 31.9. The van der Waals surface area contributed by atoms with Crippen LogP contribution in [0.5, 0.6) is 0 Å². The van der Waals surface area contributed by atoms with Crippen LogP contribution >= 0.6 is 0 Å². The van der Waals surface area contributed by atoms with E-state index in [4.69, 9.17) is 4.74 Å². The van der Waals surface area contributed by atoms with Gasteiger partial charge < -0.3 is 9.64 Å². The fraction of sp³-hybridized carbons (Fsp3) is 0.500. The molecule has 2 aromatic rings. The number of amides is 1. The molecule has 0 radical (unpaired) electrons. The Kier molecular flexibility index (Phi) is 6.09. The van der Waals surface area contributed by atoms with Crippen molar-refractivity contribution < 1.29 is 14.3 Å². The average Bonchev–Trinajstić information content (AvgIpc) is 2.71. The van der Waals surface area contributed by atoms with Crippen molar-refractivity contribution in [1.29, 1.82) is 0 Å². The van der Waals surface area contributed by atoms with Crippen LogP contribution in [0.1, 0.15) is 61.1 Å². The van der Waals surface area contributed by atoms with Gasteiger partial charge in [-0.1, -0.05) is 32.0 Å². The molecule has 144 valence electrons. The molecule has 3 rings (SSSR count). The lowest BCUT2D eigenvalue weighted by Gasteiger charge is -2.35. The van der Waals surface area contributed by atoms with Crippen LogP contribution in [-0.4, -0.2) is 41.0 Å². The van der Waals surface area contributed by atoms with Crippen LogP contribution in [0.25, 0.3) is 10.9 Å². The number of pyridine rings is 1. The van der Waals surface area contributed by atoms with Crippen LogP contribution in [0, 0.1) is 6.92 Å². The molecule has 1 fully saturated rings. The number of aromatic nitrogens is 1. The number of ether oxygens (including phenoxy) is 1. The van der Waals surface area contributed by atoms with E-state index in [-0.39, 0.29) is 18.6 Å². The summed E-state index contributed by atoms with van der Waals surface area (Å²) in [5.74, 6) is -0.555. The fourth-order valence-electron chi connectivity index (χ4n) is 4.00. The number of hydrogen-bond donors (Lipinski definition) is 0. The van der Waals surface area contributed by atoms with Gasteiger partial charge in [-0.2, -0.15) is 0 Å². The van der Waals surface area contributed by atoms with Crippen molar-refractivity contribution in [3.63, 3.8) is 0 Å². The zero-order valence-electron chi connectivity index (χ0n) is 16.5. The van der Waals surface area contributed by atoms with Gasteiger partial charge in [0.25, 0.3) is 5.91 Å². The van der Waals surface area contributed by atoms with Crippen LogP contribution in [0.15, 0.2) is 24.3 Å². The highest BCUT2D eigenvalue weighted by atomic mass is 16.5. The normalized spacial score (nSPS) is 17.1. The summed E-state index contributed by atoms with van der Waals surface area (Å²) in [6, 6.07) is 8.04. The Bertz CT molecular complexity index is 847. The third-order valence-corrected chi connectivity index (χ3v) is 5.51. The number of hydrogen-bond acceptors (Lipinski definition) is 4. The SMILES string of the molecule is CCc1nc2ccccc2c(C)c1C(=O)OCC(=O)N1CCCC[C@H]1CC. The number of esters is 1. The van der Waals surface area contributed by atoms with E-state index in [0.29, 0.717) is 17.7 Å². The largest absolute Gasteiger partial charge is 0.452 e. The summed E-state index contributed by atoms with van der Waals surface area (Å²) < 4.78 is 5.44. The molecule has 0 N–H and O–H groups in total. The molecule has 1 aromatic carbocycles. The van der Waals surface area contributed by atoms with E-state index >= 15 is 0 Å². The van der Waals surface area contributed by atoms with Gasteiger partial charge in [0.05, 0.1) is 16.8 Å². The number of rotatable bonds is 5. The molecule has 1 atom stereocenters. The van der Waals surface area contributed by atoms with E-state index in [1.165, 1.54) is 0 Å². The lowest BCUT2D eigenvalue weighted by molar-refractivity contribution is -0.138. The number of nitrogens with zero attached hydrogens (tertiary/aromatic N) is 2. The molecule has 1 aliphatic rings. The van der Waals surface area contributed by atoms with Crippen LogP contribution in [-0.2, 0) is 16.0 Å². The van der Waals surface area contributed by atoms with Crippen molar-refractivity contribution in [2.45, 2.75) is 58.9 Å². The molecular formula is C22H28N2O3. The van der Waals surface area contributed by atoms with Gasteiger partial charge in [0.1, 0.15) is 0 Å². The second-order valence-electron chi connectivity index (χ2n) is 7.15. The Morgan fingerprint density at radius 3 is 2.74 bits per heavy atom. The van der Waals surface area contributed by atoms with Crippen LogP contribution in [0.2, 0.25) is 0 Å². The minimum atomic E-state index is -0.457. The first-order valence-electron chi connectivity index (χ1n) is 9.91. The Morgan fingerprint density at radius 2 is 2.00 bits per heavy atom. The summed E-state index contributed by atoms with van der Waals surface area (Å²) in [5.41, 5.74) is 2.95. The summed E-state index contributed by atoms with van der Waals surface area (Å²) in [6.45, 7) is 6.54. The second-order valence-corrected chi connectivity index (χ2v) is 7.15. The van der Waals surface area contributed by atoms with Crippen molar-refractivity contribution in [2.75, 3.05) is 13.2 Å². The van der Waals surface area contributed by atoms with Crippen LogP contribution in [0.3, 0.4) is 0 Å². The van der Waals surface area contributed by atoms with E-state index in [1.807, 2.05) is 43.0 Å². The predicted octanol–water partition coefficient (Wildman–Crippen LogP) is 4.05. The number of carbonyl (C=O) groups is 2. The zero-order chi connectivity index (χ0) is 19.4. The van der Waals surface area contributed by atoms with E-state index in [9.17, 15) is 9.59 Å². The second kappa shape index (κ2) is 8.51. The topological polar surface area (TPSA) is 59.5 Å². The molecule has 1 saturated heterocycles. The van der Waals surface area contributed by atoms with E-state index in [0.717, 1.165) is 48.7 Å². The van der Waals surface area contributed by atoms with E-state index in [2.05, 4.69) is 11.9 Å². The number of piperidine rings is 1. The first-order chi connectivity index (χ1) is 13.1. The maximum Gasteiger partial charge on any atom is 0.340 e. The Hall–Kier alpha value is -2.43. The minimum absolute atomic E-state index is 0.0978. The zero-order valence-corrected chi connectivity index (χ0v) is 16.5. The molecule has 0 saturated carbocycles. The van der Waals surface area contributed by atoms with Gasteiger partial charge in [0.2, 0.25) is 0 Å². The van der Waals surface area contributed by atoms with Crippen LogP contribution in [0.4, 0.5) is 0 Å². The molecule has 1 aromatic heterocycles. The number of fused-ring (bicyclic) bond motifs is 1. The molecular weight excluding hydrogens is 340 g/mol. The summed E-state index contributed by atoms with van der Waals surface area (Å²) in [6.07, 6.45) is 4.78. The molecule has 5 heteroatoms. The van der Waals surface area contributed by atoms with Crippen molar-refractivity contribution in [1.82, 2.24) is 9.88 Å². The first kappa shape index (κ1) is 19.3. The molecule has 27 heavy (non-hydrogen) atoms. The summed E-state index contributed by atoms with van der Waals surface area (Å²) in [7, 11) is 0. The summed E-state index contributed by atoms with van der Waals surface area (Å²) >= 11 is 0. The van der Waals surface area contributed by atoms with Crippen molar-refractivity contribution in [2.24, 2.45) is 0 Å². The van der Waals surface area contributed by atoms with Gasteiger partial charge in [-0.05, 0) is 50.7 Å². The van der Waals surface area contributed by atoms with Crippen molar-refractivity contribution in [3.05, 3.63) is 41.1 Å². The van der Waals surface area contributed by atoms with E-state index in [1.54, 1.807) is 0 Å². The number of para-hydroxylation sites is 1. The maximum atomic E-state index is 12.8. The third kappa shape index (κ3) is 3.97. The van der Waals surface area contributed by atoms with Gasteiger partial charge in [0.15, 0.2) is 6.61 Å². The lowest BCUT2D eigenvalue weighted by Crippen LogP contribution is -2.45. The summed E-state index contributed by atoms with van der Waals surface area (Å²) in [5, 5.41) is 0.940. The number of likely N-dealkylation sites (tertiary alicyclic amines) is 1. The van der Waals surface area contributed by atoms with Crippen molar-refractivity contribution in [3.8, 4) is 0 Å². The highest BCUT2D eigenvalue weighted by molar-refractivity contribution is 5.99. The Labute approximate surface area is 160 Å². The number of benzene rings is 1. The fourth-order valence-corrected chi connectivity index (χ4v) is 4.00. The highest BCUT2D eigenvalue weighted by Crippen LogP contribution is 2.24. The standard InChI is InChI=1S/C22H28N2O3/c1-4-16-10-8-9-13-24(16)20(25)14-27-22(26)21-15(3)17-11-6-7-12-19(17)23-18(21)5-2/h6-7,11-12,16H,4-5,8-10,13-14H2,1-3H3/t16-/m1/s1. The van der Waals surface area contributed by atoms with Gasteiger partial charge in [-0.3, -0.25) is 9.78 Å². The minimum Gasteiger partial charge on any atom is -0.452 e. The highest BCUT2D eigenvalue weighted by Gasteiger charge is 2.27.